The number of thiazole rings is 1. The first-order valence-corrected chi connectivity index (χ1v) is 11.2. The Morgan fingerprint density at radius 3 is 2.86 bits per heavy atom. The summed E-state index contributed by atoms with van der Waals surface area (Å²) in [4.78, 5) is 20.4. The topological polar surface area (TPSA) is 60.2 Å². The second kappa shape index (κ2) is 8.42. The molecule has 3 heterocycles. The number of benzene rings is 1. The van der Waals surface area contributed by atoms with Crippen LogP contribution in [-0.2, 0) is 6.54 Å². The van der Waals surface area contributed by atoms with Gasteiger partial charge in [-0.2, -0.15) is 5.10 Å². The Kier molecular flexibility index (Phi) is 5.74. The lowest BCUT2D eigenvalue weighted by Crippen LogP contribution is -2.33. The van der Waals surface area contributed by atoms with E-state index in [4.69, 9.17) is 9.72 Å². The van der Waals surface area contributed by atoms with Gasteiger partial charge in [0.2, 0.25) is 0 Å². The van der Waals surface area contributed by atoms with Gasteiger partial charge >= 0.3 is 0 Å². The number of hydrogen-bond donors (Lipinski definition) is 0. The molecule has 1 aromatic carbocycles. The number of hydrogen-bond acceptors (Lipinski definition) is 6. The van der Waals surface area contributed by atoms with Crippen LogP contribution >= 0.6 is 38.6 Å². The molecule has 4 aromatic rings. The average molecular weight is 477 g/mol. The van der Waals surface area contributed by atoms with Crippen LogP contribution in [0.15, 0.2) is 52.6 Å². The number of amides is 1. The molecule has 0 N–H and O–H groups in total. The molecule has 144 valence electrons. The highest BCUT2D eigenvalue weighted by atomic mass is 79.9. The van der Waals surface area contributed by atoms with E-state index in [1.165, 1.54) is 22.7 Å². The van der Waals surface area contributed by atoms with Crippen molar-refractivity contribution < 1.29 is 9.53 Å². The molecule has 3 aromatic heterocycles. The number of thiophene rings is 1. The fraction of sp³-hybridized carbons (Fsp3) is 0.211. The minimum absolute atomic E-state index is 0.0696. The summed E-state index contributed by atoms with van der Waals surface area (Å²) in [7, 11) is 0. The minimum atomic E-state index is -0.0696. The van der Waals surface area contributed by atoms with E-state index < -0.39 is 0 Å². The predicted molar refractivity (Wildman–Crippen MR) is 117 cm³/mol. The molecule has 0 aliphatic carbocycles. The highest BCUT2D eigenvalue weighted by Gasteiger charge is 2.23. The van der Waals surface area contributed by atoms with Gasteiger partial charge in [0.25, 0.3) is 5.91 Å². The molecule has 0 bridgehead atoms. The van der Waals surface area contributed by atoms with Crippen LogP contribution in [0.2, 0.25) is 0 Å². The molecule has 0 aliphatic heterocycles. The van der Waals surface area contributed by atoms with Crippen molar-refractivity contribution in [1.82, 2.24) is 14.8 Å². The zero-order valence-corrected chi connectivity index (χ0v) is 18.3. The van der Waals surface area contributed by atoms with Gasteiger partial charge in [-0.1, -0.05) is 17.4 Å². The predicted octanol–water partition coefficient (Wildman–Crippen LogP) is 5.06. The zero-order chi connectivity index (χ0) is 19.5. The van der Waals surface area contributed by atoms with Crippen LogP contribution in [0.5, 0.6) is 5.75 Å². The Morgan fingerprint density at radius 1 is 1.25 bits per heavy atom. The van der Waals surface area contributed by atoms with Crippen molar-refractivity contribution >= 4 is 59.9 Å². The third-order valence-electron chi connectivity index (χ3n) is 4.04. The number of nitrogens with zero attached hydrogens (tertiary/aromatic N) is 4. The number of rotatable bonds is 7. The van der Waals surface area contributed by atoms with Gasteiger partial charge < -0.3 is 4.74 Å². The SMILES string of the molecule is CCOc1cccc2sc(N(CCn3cccn3)C(=O)c3ccc(Br)s3)nc12. The van der Waals surface area contributed by atoms with E-state index in [1.807, 2.05) is 54.2 Å². The molecular formula is C19H17BrN4O2S2. The van der Waals surface area contributed by atoms with Gasteiger partial charge in [0.05, 0.1) is 26.5 Å². The minimum Gasteiger partial charge on any atom is -0.492 e. The van der Waals surface area contributed by atoms with Crippen LogP contribution in [0.1, 0.15) is 16.6 Å². The molecule has 9 heteroatoms. The highest BCUT2D eigenvalue weighted by molar-refractivity contribution is 9.11. The summed E-state index contributed by atoms with van der Waals surface area (Å²) >= 11 is 6.34. The van der Waals surface area contributed by atoms with Crippen LogP contribution in [-0.4, -0.2) is 33.8 Å². The number of halogens is 1. The lowest BCUT2D eigenvalue weighted by Gasteiger charge is -2.19. The van der Waals surface area contributed by atoms with Crippen LogP contribution in [0.25, 0.3) is 10.2 Å². The monoisotopic (exact) mass is 476 g/mol. The fourth-order valence-electron chi connectivity index (χ4n) is 2.78. The maximum Gasteiger partial charge on any atom is 0.270 e. The van der Waals surface area contributed by atoms with E-state index in [9.17, 15) is 4.79 Å². The molecule has 0 unspecified atom stereocenters. The van der Waals surface area contributed by atoms with Gasteiger partial charge in [0, 0.05) is 18.9 Å². The molecule has 1 amide bonds. The summed E-state index contributed by atoms with van der Waals surface area (Å²) in [6.45, 7) is 3.57. The maximum absolute atomic E-state index is 13.2. The molecule has 0 radical (unpaired) electrons. The van der Waals surface area contributed by atoms with Gasteiger partial charge in [-0.3, -0.25) is 14.4 Å². The summed E-state index contributed by atoms with van der Waals surface area (Å²) in [5, 5.41) is 4.89. The second-order valence-electron chi connectivity index (χ2n) is 5.86. The van der Waals surface area contributed by atoms with Crippen molar-refractivity contribution in [3.63, 3.8) is 0 Å². The van der Waals surface area contributed by atoms with E-state index in [-0.39, 0.29) is 5.91 Å². The quantitative estimate of drug-likeness (QED) is 0.373. The van der Waals surface area contributed by atoms with Crippen LogP contribution in [0.4, 0.5) is 5.13 Å². The van der Waals surface area contributed by atoms with Crippen molar-refractivity contribution in [1.29, 1.82) is 0 Å². The fourth-order valence-corrected chi connectivity index (χ4v) is 5.12. The number of ether oxygens (including phenoxy) is 1. The van der Waals surface area contributed by atoms with Crippen LogP contribution in [0, 0.1) is 0 Å². The summed E-state index contributed by atoms with van der Waals surface area (Å²) in [5.74, 6) is 0.667. The summed E-state index contributed by atoms with van der Waals surface area (Å²) in [5.41, 5.74) is 0.786. The summed E-state index contributed by atoms with van der Waals surface area (Å²) in [6, 6.07) is 11.4. The van der Waals surface area contributed by atoms with Crippen molar-refractivity contribution in [3.8, 4) is 5.75 Å². The first kappa shape index (κ1) is 19.1. The number of aromatic nitrogens is 3. The molecule has 0 saturated carbocycles. The Labute approximate surface area is 178 Å². The largest absolute Gasteiger partial charge is 0.492 e. The Bertz CT molecular complexity index is 1090. The number of fused-ring (bicyclic) bond motifs is 1. The van der Waals surface area contributed by atoms with Gasteiger partial charge in [-0.25, -0.2) is 4.98 Å². The smallest absolute Gasteiger partial charge is 0.270 e. The third kappa shape index (κ3) is 3.96. The lowest BCUT2D eigenvalue weighted by molar-refractivity contribution is 0.0989. The molecule has 28 heavy (non-hydrogen) atoms. The van der Waals surface area contributed by atoms with E-state index in [0.29, 0.717) is 29.7 Å². The van der Waals surface area contributed by atoms with Gasteiger partial charge in [0.1, 0.15) is 11.3 Å². The molecule has 0 fully saturated rings. The molecule has 0 saturated heterocycles. The first-order chi connectivity index (χ1) is 13.7. The highest BCUT2D eigenvalue weighted by Crippen LogP contribution is 2.35. The molecule has 0 aliphatic rings. The maximum atomic E-state index is 13.2. The Balaban J connectivity index is 1.70. The van der Waals surface area contributed by atoms with Crippen molar-refractivity contribution in [2.45, 2.75) is 13.5 Å². The molecular weight excluding hydrogens is 460 g/mol. The van der Waals surface area contributed by atoms with Crippen LogP contribution in [0.3, 0.4) is 0 Å². The zero-order valence-electron chi connectivity index (χ0n) is 15.0. The van der Waals surface area contributed by atoms with Crippen molar-refractivity contribution in [2.24, 2.45) is 0 Å². The average Bonchev–Trinajstić information content (AvgIpc) is 3.42. The van der Waals surface area contributed by atoms with E-state index >= 15 is 0 Å². The Morgan fingerprint density at radius 2 is 2.14 bits per heavy atom. The molecule has 0 atom stereocenters. The normalized spacial score (nSPS) is 11.1. The number of carbonyl (C=O) groups excluding carboxylic acids is 1. The van der Waals surface area contributed by atoms with Gasteiger partial charge in [-0.15, -0.1) is 11.3 Å². The Hall–Kier alpha value is -2.23. The molecule has 0 spiro atoms. The van der Waals surface area contributed by atoms with Gasteiger partial charge in [0.15, 0.2) is 5.13 Å². The van der Waals surface area contributed by atoms with Crippen molar-refractivity contribution in [2.75, 3.05) is 18.1 Å². The summed E-state index contributed by atoms with van der Waals surface area (Å²) < 4.78 is 9.42. The number of anilines is 1. The lowest BCUT2D eigenvalue weighted by atomic mass is 10.3. The molecule has 4 rings (SSSR count). The van der Waals surface area contributed by atoms with Crippen LogP contribution < -0.4 is 9.64 Å². The van der Waals surface area contributed by atoms with E-state index in [0.717, 1.165) is 19.8 Å². The number of carbonyl (C=O) groups is 1. The first-order valence-electron chi connectivity index (χ1n) is 8.72. The summed E-state index contributed by atoms with van der Waals surface area (Å²) in [6.07, 6.45) is 3.62. The van der Waals surface area contributed by atoms with E-state index in [1.54, 1.807) is 11.1 Å². The van der Waals surface area contributed by atoms with E-state index in [2.05, 4.69) is 21.0 Å². The van der Waals surface area contributed by atoms with Crippen molar-refractivity contribution in [3.05, 3.63) is 57.5 Å². The third-order valence-corrected chi connectivity index (χ3v) is 6.70. The standard InChI is InChI=1S/C19H17BrN4O2S2/c1-2-26-13-5-3-6-14-17(13)22-19(28-14)24(12-11-23-10-4-9-21-23)18(25)15-7-8-16(20)27-15/h3-10H,2,11-12H2,1H3. The molecule has 6 nitrogen and oxygen atoms in total. The van der Waals surface area contributed by atoms with Gasteiger partial charge in [-0.05, 0) is 53.2 Å². The second-order valence-corrected chi connectivity index (χ2v) is 9.33. The number of para-hydroxylation sites is 1.